The van der Waals surface area contributed by atoms with E-state index in [2.05, 4.69) is 0 Å². The minimum absolute atomic E-state index is 0.486. The summed E-state index contributed by atoms with van der Waals surface area (Å²) in [4.78, 5) is 9.85. The quantitative estimate of drug-likeness (QED) is 0.504. The summed E-state index contributed by atoms with van der Waals surface area (Å²) in [5, 5.41) is 0. The Kier molecular flexibility index (Phi) is 2.42. The van der Waals surface area contributed by atoms with Crippen molar-refractivity contribution in [2.45, 2.75) is 13.1 Å². The second kappa shape index (κ2) is 2.66. The third-order valence-electron chi connectivity index (χ3n) is 0.597. The van der Waals surface area contributed by atoms with Crippen molar-refractivity contribution >= 4 is 5.78 Å². The molecule has 0 spiro atoms. The number of hydrogen-bond donors (Lipinski definition) is 0. The van der Waals surface area contributed by atoms with Gasteiger partial charge in [-0.1, -0.05) is 6.08 Å². The van der Waals surface area contributed by atoms with Gasteiger partial charge in [-0.15, -0.1) is 0 Å². The highest BCUT2D eigenvalue weighted by Gasteiger charge is 2.35. The summed E-state index contributed by atoms with van der Waals surface area (Å²) in [6.45, 7) is 1.35. The van der Waals surface area contributed by atoms with E-state index in [1.54, 1.807) is 0 Å². The van der Waals surface area contributed by atoms with Crippen LogP contribution in [0.2, 0.25) is 0 Å². The van der Waals surface area contributed by atoms with Gasteiger partial charge in [0.2, 0.25) is 0 Å². The van der Waals surface area contributed by atoms with Crippen LogP contribution in [0.4, 0.5) is 13.2 Å². The highest BCUT2D eigenvalue weighted by Crippen LogP contribution is 2.15. The third-order valence-corrected chi connectivity index (χ3v) is 0.597. The fourth-order valence-electron chi connectivity index (χ4n) is 0.246. The molecule has 0 amide bonds. The van der Waals surface area contributed by atoms with Crippen molar-refractivity contribution in [1.29, 1.82) is 0 Å². The first-order chi connectivity index (χ1) is 3.98. The Morgan fingerprint density at radius 1 is 1.44 bits per heavy atom. The predicted molar refractivity (Wildman–Crippen MR) is 25.9 cm³/mol. The van der Waals surface area contributed by atoms with Crippen LogP contribution in [0.25, 0.3) is 0 Å². The van der Waals surface area contributed by atoms with Crippen LogP contribution in [-0.4, -0.2) is 12.0 Å². The molecule has 0 atom stereocenters. The Labute approximate surface area is 50.2 Å². The lowest BCUT2D eigenvalue weighted by Crippen LogP contribution is -2.19. The van der Waals surface area contributed by atoms with Crippen LogP contribution in [0, 0.1) is 0 Å². The second-order valence-electron chi connectivity index (χ2n) is 1.36. The SMILES string of the molecule is C/C=C\C(=O)C(F)(F)F. The Bertz CT molecular complexity index is 134. The van der Waals surface area contributed by atoms with Crippen molar-refractivity contribution in [2.24, 2.45) is 0 Å². The first-order valence-electron chi connectivity index (χ1n) is 2.22. The first kappa shape index (κ1) is 8.20. The van der Waals surface area contributed by atoms with Crippen LogP contribution in [0.15, 0.2) is 12.2 Å². The number of ketones is 1. The monoisotopic (exact) mass is 138 g/mol. The third kappa shape index (κ3) is 2.90. The van der Waals surface area contributed by atoms with Gasteiger partial charge in [0.25, 0.3) is 5.78 Å². The van der Waals surface area contributed by atoms with Gasteiger partial charge in [0.15, 0.2) is 0 Å². The topological polar surface area (TPSA) is 17.1 Å². The predicted octanol–water partition coefficient (Wildman–Crippen LogP) is 1.69. The molecule has 0 aromatic carbocycles. The maximum absolute atomic E-state index is 11.2. The zero-order chi connectivity index (χ0) is 7.49. The van der Waals surface area contributed by atoms with Crippen LogP contribution >= 0.6 is 0 Å². The minimum atomic E-state index is -4.72. The molecule has 0 aliphatic rings. The van der Waals surface area contributed by atoms with E-state index < -0.39 is 12.0 Å². The molecule has 0 N–H and O–H groups in total. The summed E-state index contributed by atoms with van der Waals surface area (Å²) in [5.74, 6) is -1.81. The lowest BCUT2D eigenvalue weighted by Gasteiger charge is -1.97. The fourth-order valence-corrected chi connectivity index (χ4v) is 0.246. The van der Waals surface area contributed by atoms with Crippen LogP contribution in [-0.2, 0) is 4.79 Å². The average molecular weight is 138 g/mol. The summed E-state index contributed by atoms with van der Waals surface area (Å²) in [5.41, 5.74) is 0. The summed E-state index contributed by atoms with van der Waals surface area (Å²) < 4.78 is 33.7. The zero-order valence-electron chi connectivity index (χ0n) is 4.70. The molecule has 0 heterocycles. The molecule has 0 aromatic rings. The molecule has 0 aliphatic heterocycles. The fraction of sp³-hybridized carbons (Fsp3) is 0.400. The summed E-state index contributed by atoms with van der Waals surface area (Å²) >= 11 is 0. The maximum atomic E-state index is 11.2. The van der Waals surface area contributed by atoms with Crippen LogP contribution in [0.5, 0.6) is 0 Å². The molecule has 0 fully saturated rings. The van der Waals surface area contributed by atoms with E-state index in [-0.39, 0.29) is 0 Å². The Hall–Kier alpha value is -0.800. The number of carbonyl (C=O) groups excluding carboxylic acids is 1. The molecule has 0 aromatic heterocycles. The number of carbonyl (C=O) groups is 1. The van der Waals surface area contributed by atoms with Crippen molar-refractivity contribution in [2.75, 3.05) is 0 Å². The summed E-state index contributed by atoms with van der Waals surface area (Å²) in [6.07, 6.45) is -3.18. The summed E-state index contributed by atoms with van der Waals surface area (Å²) in [6, 6.07) is 0. The van der Waals surface area contributed by atoms with Crippen molar-refractivity contribution in [3.8, 4) is 0 Å². The second-order valence-corrected chi connectivity index (χ2v) is 1.36. The van der Waals surface area contributed by atoms with Gasteiger partial charge in [-0.3, -0.25) is 4.79 Å². The van der Waals surface area contributed by atoms with Crippen molar-refractivity contribution in [3.63, 3.8) is 0 Å². The Morgan fingerprint density at radius 2 is 1.89 bits per heavy atom. The van der Waals surface area contributed by atoms with Crippen LogP contribution < -0.4 is 0 Å². The highest BCUT2D eigenvalue weighted by molar-refractivity contribution is 5.94. The lowest BCUT2D eigenvalue weighted by molar-refractivity contribution is -0.165. The number of hydrogen-bond acceptors (Lipinski definition) is 1. The van der Waals surface area contributed by atoms with E-state index in [0.717, 1.165) is 6.08 Å². The molecular formula is C5H5F3O. The van der Waals surface area contributed by atoms with Gasteiger partial charge in [-0.05, 0) is 13.0 Å². The van der Waals surface area contributed by atoms with Gasteiger partial charge in [-0.2, -0.15) is 13.2 Å². The molecule has 0 radical (unpaired) electrons. The normalized spacial score (nSPS) is 12.4. The van der Waals surface area contributed by atoms with Gasteiger partial charge in [0.05, 0.1) is 0 Å². The highest BCUT2D eigenvalue weighted by atomic mass is 19.4. The van der Waals surface area contributed by atoms with Crippen molar-refractivity contribution < 1.29 is 18.0 Å². The molecule has 0 bridgehead atoms. The number of rotatable bonds is 1. The standard InChI is InChI=1S/C5H5F3O/c1-2-3-4(9)5(6,7)8/h2-3H,1H3/b3-2-. The Balaban J connectivity index is 4.06. The smallest absolute Gasteiger partial charge is 0.285 e. The molecule has 0 saturated carbocycles. The van der Waals surface area contributed by atoms with Gasteiger partial charge in [-0.25, -0.2) is 0 Å². The van der Waals surface area contributed by atoms with Gasteiger partial charge in [0, 0.05) is 0 Å². The molecule has 1 nitrogen and oxygen atoms in total. The van der Waals surface area contributed by atoms with E-state index in [4.69, 9.17) is 0 Å². The van der Waals surface area contributed by atoms with Crippen LogP contribution in [0.3, 0.4) is 0 Å². The maximum Gasteiger partial charge on any atom is 0.454 e. The number of alkyl halides is 3. The molecule has 0 saturated heterocycles. The molecule has 0 unspecified atom stereocenters. The van der Waals surface area contributed by atoms with Gasteiger partial charge < -0.3 is 0 Å². The van der Waals surface area contributed by atoms with Crippen molar-refractivity contribution in [3.05, 3.63) is 12.2 Å². The summed E-state index contributed by atoms with van der Waals surface area (Å²) in [7, 11) is 0. The first-order valence-corrected chi connectivity index (χ1v) is 2.22. The molecule has 9 heavy (non-hydrogen) atoms. The number of allylic oxidation sites excluding steroid dienone is 2. The van der Waals surface area contributed by atoms with E-state index >= 15 is 0 Å². The zero-order valence-corrected chi connectivity index (χ0v) is 4.70. The van der Waals surface area contributed by atoms with Crippen molar-refractivity contribution in [1.82, 2.24) is 0 Å². The van der Waals surface area contributed by atoms with Gasteiger partial charge in [0.1, 0.15) is 0 Å². The lowest BCUT2D eigenvalue weighted by atomic mass is 10.3. The van der Waals surface area contributed by atoms with E-state index in [9.17, 15) is 18.0 Å². The molecule has 4 heteroatoms. The molecule has 0 rings (SSSR count). The van der Waals surface area contributed by atoms with E-state index in [0.29, 0.717) is 6.08 Å². The Morgan fingerprint density at radius 3 is 2.00 bits per heavy atom. The average Bonchev–Trinajstić information content (AvgIpc) is 1.64. The molecule has 52 valence electrons. The van der Waals surface area contributed by atoms with E-state index in [1.165, 1.54) is 6.92 Å². The number of halogens is 3. The largest absolute Gasteiger partial charge is 0.454 e. The van der Waals surface area contributed by atoms with E-state index in [1.807, 2.05) is 0 Å². The molecular weight excluding hydrogens is 133 g/mol. The minimum Gasteiger partial charge on any atom is -0.285 e. The molecule has 0 aliphatic carbocycles. The van der Waals surface area contributed by atoms with Crippen LogP contribution in [0.1, 0.15) is 6.92 Å². The van der Waals surface area contributed by atoms with Gasteiger partial charge >= 0.3 is 6.18 Å².